The molecule has 2 aromatic rings. The summed E-state index contributed by atoms with van der Waals surface area (Å²) in [6.45, 7) is 7.06. The van der Waals surface area contributed by atoms with Crippen LogP contribution >= 0.6 is 15.9 Å². The van der Waals surface area contributed by atoms with Crippen LogP contribution in [-0.2, 0) is 17.9 Å². The number of hydrogen-bond acceptors (Lipinski definition) is 3. The molecule has 21 heavy (non-hydrogen) atoms. The van der Waals surface area contributed by atoms with Crippen LogP contribution < -0.4 is 0 Å². The molecule has 0 saturated heterocycles. The number of likely N-dealkylation sites (N-methyl/N-ethyl adjacent to an activating group) is 1. The highest BCUT2D eigenvalue weighted by molar-refractivity contribution is 9.10. The van der Waals surface area contributed by atoms with Gasteiger partial charge in [0.15, 0.2) is 0 Å². The van der Waals surface area contributed by atoms with Crippen LogP contribution in [0.4, 0.5) is 0 Å². The van der Waals surface area contributed by atoms with Crippen molar-refractivity contribution >= 4 is 21.8 Å². The van der Waals surface area contributed by atoms with E-state index in [1.54, 1.807) is 16.6 Å². The number of amides is 1. The molecule has 0 aliphatic carbocycles. The Morgan fingerprint density at radius 3 is 2.71 bits per heavy atom. The summed E-state index contributed by atoms with van der Waals surface area (Å²) in [5.74, 6) is 0.0102. The van der Waals surface area contributed by atoms with Crippen LogP contribution in [0.1, 0.15) is 31.3 Å². The topological polar surface area (TPSA) is 56.0 Å². The standard InChI is InChI=1S/C14H20BrN5O/c1-5-19-8-12(15)13(17-19)9-18(4)14(21)11(3)20-7-6-10(2)16-20/h6-8,11H,5,9H2,1-4H3. The van der Waals surface area contributed by atoms with E-state index < -0.39 is 0 Å². The number of halogens is 1. The second-order valence-electron chi connectivity index (χ2n) is 5.09. The lowest BCUT2D eigenvalue weighted by molar-refractivity contribution is -0.133. The third kappa shape index (κ3) is 3.53. The van der Waals surface area contributed by atoms with Gasteiger partial charge in [0.1, 0.15) is 6.04 Å². The van der Waals surface area contributed by atoms with Crippen LogP contribution in [0.5, 0.6) is 0 Å². The van der Waals surface area contributed by atoms with Gasteiger partial charge in [-0.15, -0.1) is 0 Å². The second-order valence-corrected chi connectivity index (χ2v) is 5.94. The van der Waals surface area contributed by atoms with Crippen LogP contribution in [0.25, 0.3) is 0 Å². The fraction of sp³-hybridized carbons (Fsp3) is 0.500. The maximum absolute atomic E-state index is 12.5. The Labute approximate surface area is 132 Å². The molecule has 2 rings (SSSR count). The lowest BCUT2D eigenvalue weighted by Gasteiger charge is -2.21. The first-order valence-corrected chi connectivity index (χ1v) is 7.70. The second kappa shape index (κ2) is 6.43. The molecule has 0 aliphatic rings. The number of aromatic nitrogens is 4. The van der Waals surface area contributed by atoms with Gasteiger partial charge in [0.25, 0.3) is 0 Å². The summed E-state index contributed by atoms with van der Waals surface area (Å²) in [5.41, 5.74) is 1.76. The minimum Gasteiger partial charge on any atom is -0.338 e. The molecule has 114 valence electrons. The molecule has 0 spiro atoms. The highest BCUT2D eigenvalue weighted by Gasteiger charge is 2.21. The van der Waals surface area contributed by atoms with E-state index in [1.165, 1.54) is 0 Å². The van der Waals surface area contributed by atoms with Crippen LogP contribution in [0.3, 0.4) is 0 Å². The number of nitrogens with zero attached hydrogens (tertiary/aromatic N) is 5. The van der Waals surface area contributed by atoms with Crippen molar-refractivity contribution in [1.29, 1.82) is 0 Å². The fourth-order valence-corrected chi connectivity index (χ4v) is 2.53. The number of hydrogen-bond donors (Lipinski definition) is 0. The van der Waals surface area contributed by atoms with Crippen LogP contribution in [0, 0.1) is 6.92 Å². The van der Waals surface area contributed by atoms with Gasteiger partial charge < -0.3 is 4.90 Å². The van der Waals surface area contributed by atoms with Gasteiger partial charge >= 0.3 is 0 Å². The maximum atomic E-state index is 12.5. The first kappa shape index (κ1) is 15.8. The largest absolute Gasteiger partial charge is 0.338 e. The van der Waals surface area contributed by atoms with Crippen molar-refractivity contribution in [2.45, 2.75) is 39.9 Å². The van der Waals surface area contributed by atoms with Gasteiger partial charge in [0, 0.05) is 26.0 Å². The van der Waals surface area contributed by atoms with Gasteiger partial charge in [0.2, 0.25) is 5.91 Å². The zero-order valence-electron chi connectivity index (χ0n) is 12.7. The molecular formula is C14H20BrN5O. The number of rotatable bonds is 5. The van der Waals surface area contributed by atoms with Gasteiger partial charge in [0.05, 0.1) is 22.4 Å². The van der Waals surface area contributed by atoms with E-state index in [2.05, 4.69) is 26.1 Å². The van der Waals surface area contributed by atoms with Crippen molar-refractivity contribution in [3.63, 3.8) is 0 Å². The van der Waals surface area contributed by atoms with Crippen LogP contribution in [0.15, 0.2) is 22.9 Å². The summed E-state index contributed by atoms with van der Waals surface area (Å²) in [7, 11) is 1.78. The SMILES string of the molecule is CCn1cc(Br)c(CN(C)C(=O)C(C)n2ccc(C)n2)n1. The van der Waals surface area contributed by atoms with Crippen molar-refractivity contribution in [2.75, 3.05) is 7.05 Å². The van der Waals surface area contributed by atoms with E-state index in [0.29, 0.717) is 6.54 Å². The molecule has 0 fully saturated rings. The quantitative estimate of drug-likeness (QED) is 0.829. The predicted molar refractivity (Wildman–Crippen MR) is 83.8 cm³/mol. The molecule has 2 heterocycles. The van der Waals surface area contributed by atoms with Gasteiger partial charge in [-0.2, -0.15) is 10.2 Å². The molecule has 0 N–H and O–H groups in total. The molecule has 1 unspecified atom stereocenters. The molecule has 0 saturated carbocycles. The molecule has 0 aromatic carbocycles. The Hall–Kier alpha value is -1.63. The van der Waals surface area contributed by atoms with E-state index in [9.17, 15) is 4.79 Å². The Bertz CT molecular complexity index is 633. The average Bonchev–Trinajstić information content (AvgIpc) is 3.04. The van der Waals surface area contributed by atoms with Crippen molar-refractivity contribution in [2.24, 2.45) is 0 Å². The normalized spacial score (nSPS) is 12.4. The third-order valence-corrected chi connectivity index (χ3v) is 4.03. The lowest BCUT2D eigenvalue weighted by atomic mass is 10.3. The molecular weight excluding hydrogens is 334 g/mol. The molecule has 1 amide bonds. The van der Waals surface area contributed by atoms with E-state index in [0.717, 1.165) is 22.4 Å². The summed E-state index contributed by atoms with van der Waals surface area (Å²) in [6, 6.07) is 1.57. The number of carbonyl (C=O) groups is 1. The molecule has 2 aromatic heterocycles. The van der Waals surface area contributed by atoms with Crippen molar-refractivity contribution < 1.29 is 4.79 Å². The summed E-state index contributed by atoms with van der Waals surface area (Å²) in [5, 5.41) is 8.74. The molecule has 7 heteroatoms. The van der Waals surface area contributed by atoms with E-state index in [4.69, 9.17) is 0 Å². The Morgan fingerprint density at radius 2 is 2.19 bits per heavy atom. The molecule has 1 atom stereocenters. The Kier molecular flexibility index (Phi) is 4.82. The summed E-state index contributed by atoms with van der Waals surface area (Å²) < 4.78 is 4.46. The molecule has 6 nitrogen and oxygen atoms in total. The number of aryl methyl sites for hydroxylation is 2. The van der Waals surface area contributed by atoms with Gasteiger partial charge in [-0.25, -0.2) is 0 Å². The third-order valence-electron chi connectivity index (χ3n) is 3.37. The zero-order valence-corrected chi connectivity index (χ0v) is 14.3. The van der Waals surface area contributed by atoms with Crippen molar-refractivity contribution in [1.82, 2.24) is 24.5 Å². The molecule has 0 aliphatic heterocycles. The Morgan fingerprint density at radius 1 is 1.48 bits per heavy atom. The summed E-state index contributed by atoms with van der Waals surface area (Å²) in [6.07, 6.45) is 3.75. The van der Waals surface area contributed by atoms with Crippen LogP contribution in [-0.4, -0.2) is 37.4 Å². The maximum Gasteiger partial charge on any atom is 0.247 e. The summed E-state index contributed by atoms with van der Waals surface area (Å²) >= 11 is 3.48. The van der Waals surface area contributed by atoms with Gasteiger partial charge in [-0.05, 0) is 42.8 Å². The zero-order chi connectivity index (χ0) is 15.6. The van der Waals surface area contributed by atoms with E-state index >= 15 is 0 Å². The van der Waals surface area contributed by atoms with Crippen molar-refractivity contribution in [3.05, 3.63) is 34.3 Å². The number of carbonyl (C=O) groups excluding carboxylic acids is 1. The Balaban J connectivity index is 2.06. The first-order valence-electron chi connectivity index (χ1n) is 6.91. The van der Waals surface area contributed by atoms with E-state index in [1.807, 2.05) is 43.9 Å². The smallest absolute Gasteiger partial charge is 0.247 e. The molecule has 0 bridgehead atoms. The fourth-order valence-electron chi connectivity index (χ4n) is 2.09. The van der Waals surface area contributed by atoms with Crippen LogP contribution in [0.2, 0.25) is 0 Å². The lowest BCUT2D eigenvalue weighted by Crippen LogP contribution is -2.33. The highest BCUT2D eigenvalue weighted by atomic mass is 79.9. The monoisotopic (exact) mass is 353 g/mol. The highest BCUT2D eigenvalue weighted by Crippen LogP contribution is 2.18. The van der Waals surface area contributed by atoms with Gasteiger partial charge in [-0.1, -0.05) is 0 Å². The van der Waals surface area contributed by atoms with Crippen molar-refractivity contribution in [3.8, 4) is 0 Å². The van der Waals surface area contributed by atoms with Gasteiger partial charge in [-0.3, -0.25) is 14.2 Å². The molecule has 0 radical (unpaired) electrons. The minimum absolute atomic E-state index is 0.0102. The first-order chi connectivity index (χ1) is 9.92. The predicted octanol–water partition coefficient (Wildman–Crippen LogP) is 2.39. The summed E-state index contributed by atoms with van der Waals surface area (Å²) in [4.78, 5) is 14.1. The average molecular weight is 354 g/mol. The van der Waals surface area contributed by atoms with E-state index in [-0.39, 0.29) is 11.9 Å². The minimum atomic E-state index is -0.323.